The van der Waals surface area contributed by atoms with Gasteiger partial charge in [-0.2, -0.15) is 0 Å². The van der Waals surface area contributed by atoms with Gasteiger partial charge in [-0.25, -0.2) is 4.98 Å². The van der Waals surface area contributed by atoms with E-state index < -0.39 is 0 Å². The largest absolute Gasteiger partial charge is 0.436 e. The van der Waals surface area contributed by atoms with Gasteiger partial charge >= 0.3 is 0 Å². The Labute approximate surface area is 243 Å². The molecule has 1 aromatic heterocycles. The van der Waals surface area contributed by atoms with Crippen LogP contribution in [-0.4, -0.2) is 4.98 Å². The Morgan fingerprint density at radius 2 is 1.12 bits per heavy atom. The molecule has 0 spiro atoms. The summed E-state index contributed by atoms with van der Waals surface area (Å²) in [5.74, 6) is 0.632. The maximum Gasteiger partial charge on any atom is 0.227 e. The van der Waals surface area contributed by atoms with Crippen LogP contribution in [0.15, 0.2) is 162 Å². The van der Waals surface area contributed by atoms with Gasteiger partial charge in [-0.15, -0.1) is 0 Å². The average molecular weight is 539 g/mol. The van der Waals surface area contributed by atoms with Crippen molar-refractivity contribution >= 4 is 49.7 Å². The number of anilines is 3. The average Bonchev–Trinajstić information content (AvgIpc) is 3.51. The van der Waals surface area contributed by atoms with Crippen molar-refractivity contribution in [3.63, 3.8) is 0 Å². The van der Waals surface area contributed by atoms with Crippen LogP contribution >= 0.6 is 0 Å². The number of benzene rings is 7. The summed E-state index contributed by atoms with van der Waals surface area (Å²) in [4.78, 5) is 7.26. The lowest BCUT2D eigenvalue weighted by Crippen LogP contribution is -2.10. The third kappa shape index (κ3) is 4.11. The third-order valence-corrected chi connectivity index (χ3v) is 7.90. The number of aromatic nitrogens is 1. The Balaban J connectivity index is 1.27. The molecule has 0 aliphatic carbocycles. The van der Waals surface area contributed by atoms with Crippen molar-refractivity contribution in [2.75, 3.05) is 4.90 Å². The van der Waals surface area contributed by atoms with E-state index in [-0.39, 0.29) is 0 Å². The second kappa shape index (κ2) is 10.1. The van der Waals surface area contributed by atoms with Crippen LogP contribution in [0.1, 0.15) is 0 Å². The highest BCUT2D eigenvalue weighted by Crippen LogP contribution is 2.41. The van der Waals surface area contributed by atoms with E-state index in [1.165, 1.54) is 21.9 Å². The topological polar surface area (TPSA) is 29.3 Å². The van der Waals surface area contributed by atoms with Crippen molar-refractivity contribution in [1.82, 2.24) is 4.98 Å². The second-order valence-electron chi connectivity index (χ2n) is 10.4. The van der Waals surface area contributed by atoms with Crippen molar-refractivity contribution in [2.24, 2.45) is 0 Å². The molecule has 0 amide bonds. The summed E-state index contributed by atoms with van der Waals surface area (Å²) in [6.07, 6.45) is 0. The highest BCUT2D eigenvalue weighted by atomic mass is 16.3. The molecule has 3 heteroatoms. The fraction of sp³-hybridized carbons (Fsp3) is 0. The van der Waals surface area contributed by atoms with Crippen LogP contribution in [0, 0.1) is 0 Å². The van der Waals surface area contributed by atoms with Gasteiger partial charge in [0.25, 0.3) is 0 Å². The van der Waals surface area contributed by atoms with E-state index in [1.54, 1.807) is 0 Å². The van der Waals surface area contributed by atoms with E-state index in [1.807, 2.05) is 36.4 Å². The van der Waals surface area contributed by atoms with Crippen molar-refractivity contribution in [3.8, 4) is 22.6 Å². The van der Waals surface area contributed by atoms with Crippen molar-refractivity contribution < 1.29 is 4.42 Å². The summed E-state index contributed by atoms with van der Waals surface area (Å²) in [5, 5.41) is 4.67. The zero-order valence-electron chi connectivity index (χ0n) is 22.8. The predicted octanol–water partition coefficient (Wildman–Crippen LogP) is 10.9. The highest BCUT2D eigenvalue weighted by molar-refractivity contribution is 6.10. The quantitative estimate of drug-likeness (QED) is 0.218. The first-order chi connectivity index (χ1) is 20.8. The first kappa shape index (κ1) is 24.2. The Morgan fingerprint density at radius 3 is 1.95 bits per heavy atom. The maximum atomic E-state index is 6.19. The SMILES string of the molecule is c1ccc(-c2nc3c(ccc4c(N(c5ccccc5)c5ccc(-c6cccc7ccccc67)cc5)cccc43)o2)cc1. The fourth-order valence-corrected chi connectivity index (χ4v) is 5.90. The second-order valence-corrected chi connectivity index (χ2v) is 10.4. The summed E-state index contributed by atoms with van der Waals surface area (Å²) in [7, 11) is 0. The highest BCUT2D eigenvalue weighted by Gasteiger charge is 2.18. The van der Waals surface area contributed by atoms with Crippen LogP contribution < -0.4 is 4.90 Å². The first-order valence-electron chi connectivity index (χ1n) is 14.1. The molecule has 0 bridgehead atoms. The monoisotopic (exact) mass is 538 g/mol. The summed E-state index contributed by atoms with van der Waals surface area (Å²) >= 11 is 0. The normalized spacial score (nSPS) is 11.3. The standard InChI is InChI=1S/C39H26N2O/c1-3-12-29(13-4-1)39-40-38-35-19-10-20-36(34(35)25-26-37(38)42-39)41(30-15-5-2-6-16-30)31-23-21-28(22-24-31)33-18-9-14-27-11-7-8-17-32(27)33/h1-26H. The van der Waals surface area contributed by atoms with Crippen LogP contribution in [0.3, 0.4) is 0 Å². The summed E-state index contributed by atoms with van der Waals surface area (Å²) in [6.45, 7) is 0. The van der Waals surface area contributed by atoms with Gasteiger partial charge < -0.3 is 9.32 Å². The molecule has 42 heavy (non-hydrogen) atoms. The molecule has 8 aromatic rings. The molecule has 0 saturated carbocycles. The lowest BCUT2D eigenvalue weighted by Gasteiger charge is -2.27. The molecule has 3 nitrogen and oxygen atoms in total. The van der Waals surface area contributed by atoms with Gasteiger partial charge in [0.1, 0.15) is 5.52 Å². The van der Waals surface area contributed by atoms with Crippen LogP contribution in [0.2, 0.25) is 0 Å². The molecule has 0 aliphatic rings. The van der Waals surface area contributed by atoms with E-state index >= 15 is 0 Å². The molecule has 1 heterocycles. The minimum atomic E-state index is 0.632. The first-order valence-corrected chi connectivity index (χ1v) is 14.1. The number of nitrogens with zero attached hydrogens (tertiary/aromatic N) is 2. The molecular weight excluding hydrogens is 512 g/mol. The van der Waals surface area contributed by atoms with E-state index in [0.29, 0.717) is 5.89 Å². The van der Waals surface area contributed by atoms with Crippen LogP contribution in [0.5, 0.6) is 0 Å². The number of para-hydroxylation sites is 1. The number of hydrogen-bond acceptors (Lipinski definition) is 3. The van der Waals surface area contributed by atoms with Gasteiger partial charge in [-0.1, -0.05) is 103 Å². The maximum absolute atomic E-state index is 6.19. The van der Waals surface area contributed by atoms with Crippen molar-refractivity contribution in [1.29, 1.82) is 0 Å². The van der Waals surface area contributed by atoms with Crippen molar-refractivity contribution in [3.05, 3.63) is 158 Å². The number of rotatable bonds is 5. The number of hydrogen-bond donors (Lipinski definition) is 0. The minimum absolute atomic E-state index is 0.632. The minimum Gasteiger partial charge on any atom is -0.436 e. The van der Waals surface area contributed by atoms with Crippen LogP contribution in [-0.2, 0) is 0 Å². The molecule has 0 aliphatic heterocycles. The number of oxazole rings is 1. The van der Waals surface area contributed by atoms with Gasteiger partial charge in [0.05, 0.1) is 5.69 Å². The Kier molecular flexibility index (Phi) is 5.79. The summed E-state index contributed by atoms with van der Waals surface area (Å²) in [6, 6.07) is 55.1. The number of fused-ring (bicyclic) bond motifs is 4. The molecule has 7 aromatic carbocycles. The Hall–Kier alpha value is -5.67. The fourth-order valence-electron chi connectivity index (χ4n) is 5.90. The molecule has 0 radical (unpaired) electrons. The van der Waals surface area contributed by atoms with Crippen LogP contribution in [0.25, 0.3) is 55.2 Å². The third-order valence-electron chi connectivity index (χ3n) is 7.90. The lowest BCUT2D eigenvalue weighted by molar-refractivity contribution is 0.620. The molecule has 0 atom stereocenters. The predicted molar refractivity (Wildman–Crippen MR) is 175 cm³/mol. The van der Waals surface area contributed by atoms with Gasteiger partial charge in [0.2, 0.25) is 5.89 Å². The van der Waals surface area contributed by atoms with Crippen LogP contribution in [0.4, 0.5) is 17.1 Å². The van der Waals surface area contributed by atoms with Gasteiger partial charge in [0, 0.05) is 27.7 Å². The zero-order valence-corrected chi connectivity index (χ0v) is 22.8. The molecule has 0 saturated heterocycles. The molecule has 0 fully saturated rings. The molecular formula is C39H26N2O. The van der Waals surface area contributed by atoms with Crippen molar-refractivity contribution in [2.45, 2.75) is 0 Å². The van der Waals surface area contributed by atoms with E-state index in [9.17, 15) is 0 Å². The van der Waals surface area contributed by atoms with E-state index in [4.69, 9.17) is 9.40 Å². The van der Waals surface area contributed by atoms with Gasteiger partial charge in [0.15, 0.2) is 5.58 Å². The Bertz CT molecular complexity index is 2180. The van der Waals surface area contributed by atoms with Gasteiger partial charge in [-0.05, 0) is 76.5 Å². The lowest BCUT2D eigenvalue weighted by atomic mass is 9.98. The zero-order chi connectivity index (χ0) is 27.9. The summed E-state index contributed by atoms with van der Waals surface area (Å²) < 4.78 is 6.19. The Morgan fingerprint density at radius 1 is 0.452 bits per heavy atom. The van der Waals surface area contributed by atoms with Gasteiger partial charge in [-0.3, -0.25) is 0 Å². The van der Waals surface area contributed by atoms with E-state index in [0.717, 1.165) is 44.5 Å². The molecule has 198 valence electrons. The summed E-state index contributed by atoms with van der Waals surface area (Å²) in [5.41, 5.74) is 8.31. The molecule has 0 unspecified atom stereocenters. The molecule has 8 rings (SSSR count). The van der Waals surface area contributed by atoms with E-state index in [2.05, 4.69) is 126 Å². The molecule has 0 N–H and O–H groups in total. The smallest absolute Gasteiger partial charge is 0.227 e.